The van der Waals surface area contributed by atoms with Gasteiger partial charge in [-0.15, -0.1) is 0 Å². The van der Waals surface area contributed by atoms with Crippen molar-refractivity contribution in [3.63, 3.8) is 0 Å². The molecule has 1 atom stereocenters. The van der Waals surface area contributed by atoms with Crippen LogP contribution in [0.1, 0.15) is 0 Å². The van der Waals surface area contributed by atoms with E-state index in [9.17, 15) is 18.0 Å². The first-order valence-corrected chi connectivity index (χ1v) is 5.72. The lowest BCUT2D eigenvalue weighted by Crippen LogP contribution is -2.42. The van der Waals surface area contributed by atoms with E-state index in [1.54, 1.807) is 0 Å². The van der Waals surface area contributed by atoms with Gasteiger partial charge in [-0.1, -0.05) is 0 Å². The molecule has 1 unspecified atom stereocenters. The third-order valence-electron chi connectivity index (χ3n) is 2.64. The van der Waals surface area contributed by atoms with Crippen LogP contribution >= 0.6 is 0 Å². The van der Waals surface area contributed by atoms with Gasteiger partial charge in [0.15, 0.2) is 6.61 Å². The Kier molecular flexibility index (Phi) is 3.93. The first kappa shape index (κ1) is 14.3. The predicted octanol–water partition coefficient (Wildman–Crippen LogP) is 1.33. The first-order valence-electron chi connectivity index (χ1n) is 5.72. The number of amides is 1. The van der Waals surface area contributed by atoms with E-state index in [1.165, 1.54) is 35.5 Å². The van der Waals surface area contributed by atoms with E-state index in [2.05, 4.69) is 10.7 Å². The van der Waals surface area contributed by atoms with Crippen molar-refractivity contribution in [1.82, 2.24) is 0 Å². The number of anilines is 1. The highest BCUT2D eigenvalue weighted by Gasteiger charge is 2.38. The molecular weight excluding hydrogens is 275 g/mol. The Morgan fingerprint density at radius 2 is 2.05 bits per heavy atom. The summed E-state index contributed by atoms with van der Waals surface area (Å²) in [5.74, 6) is -3.82. The fourth-order valence-electron chi connectivity index (χ4n) is 1.51. The highest BCUT2D eigenvalue weighted by molar-refractivity contribution is 6.12. The molecule has 1 aromatic carbocycles. The molecular formula is C12H12F3N3O2. The number of nitrogens with two attached hydrogens (primary N) is 1. The lowest BCUT2D eigenvalue weighted by molar-refractivity contribution is -0.115. The maximum Gasteiger partial charge on any atom is 0.324 e. The summed E-state index contributed by atoms with van der Waals surface area (Å²) >= 11 is 0. The monoisotopic (exact) mass is 287 g/mol. The third kappa shape index (κ3) is 3.08. The van der Waals surface area contributed by atoms with Gasteiger partial charge < -0.3 is 4.74 Å². The SMILES string of the molecule is NC(F)C(F)(F)COc1ccc(N2C=NCC2=O)cc1. The molecule has 2 N–H and O–H groups in total. The Labute approximate surface area is 112 Å². The van der Waals surface area contributed by atoms with Crippen molar-refractivity contribution in [2.75, 3.05) is 18.1 Å². The summed E-state index contributed by atoms with van der Waals surface area (Å²) < 4.78 is 43.0. The van der Waals surface area contributed by atoms with E-state index in [0.29, 0.717) is 5.69 Å². The van der Waals surface area contributed by atoms with Crippen LogP contribution in [-0.2, 0) is 4.79 Å². The number of carbonyl (C=O) groups is 1. The molecule has 2 rings (SSSR count). The Balaban J connectivity index is 1.99. The number of hydrogen-bond donors (Lipinski definition) is 1. The predicted molar refractivity (Wildman–Crippen MR) is 66.8 cm³/mol. The van der Waals surface area contributed by atoms with Gasteiger partial charge in [0, 0.05) is 0 Å². The largest absolute Gasteiger partial charge is 0.487 e. The van der Waals surface area contributed by atoms with Crippen LogP contribution in [0.15, 0.2) is 29.3 Å². The minimum atomic E-state index is -3.75. The number of carbonyl (C=O) groups excluding carboxylic acids is 1. The fraction of sp³-hybridized carbons (Fsp3) is 0.333. The van der Waals surface area contributed by atoms with E-state index < -0.39 is 18.8 Å². The van der Waals surface area contributed by atoms with Gasteiger partial charge in [0.05, 0.1) is 12.0 Å². The maximum atomic E-state index is 12.9. The number of hydrogen-bond acceptors (Lipinski definition) is 4. The number of rotatable bonds is 5. The number of halogens is 3. The minimum absolute atomic E-state index is 0.0822. The van der Waals surface area contributed by atoms with Gasteiger partial charge in [-0.3, -0.25) is 20.4 Å². The number of nitrogens with zero attached hydrogens (tertiary/aromatic N) is 2. The van der Waals surface area contributed by atoms with Gasteiger partial charge in [-0.05, 0) is 24.3 Å². The van der Waals surface area contributed by atoms with E-state index >= 15 is 0 Å². The third-order valence-corrected chi connectivity index (χ3v) is 2.64. The smallest absolute Gasteiger partial charge is 0.324 e. The maximum absolute atomic E-state index is 12.9. The zero-order chi connectivity index (χ0) is 14.8. The van der Waals surface area contributed by atoms with Gasteiger partial charge in [0.1, 0.15) is 12.3 Å². The second-order valence-corrected chi connectivity index (χ2v) is 4.17. The molecule has 8 heteroatoms. The second kappa shape index (κ2) is 5.49. The van der Waals surface area contributed by atoms with Crippen molar-refractivity contribution in [1.29, 1.82) is 0 Å². The summed E-state index contributed by atoms with van der Waals surface area (Å²) in [4.78, 5) is 16.5. The van der Waals surface area contributed by atoms with Crippen LogP contribution < -0.4 is 15.4 Å². The highest BCUT2D eigenvalue weighted by Crippen LogP contribution is 2.23. The topological polar surface area (TPSA) is 67.9 Å². The molecule has 1 aliphatic rings. The van der Waals surface area contributed by atoms with Gasteiger partial charge in [0.2, 0.25) is 6.30 Å². The molecule has 0 saturated carbocycles. The second-order valence-electron chi connectivity index (χ2n) is 4.17. The molecule has 1 aliphatic heterocycles. The molecule has 1 amide bonds. The summed E-state index contributed by atoms with van der Waals surface area (Å²) in [5.41, 5.74) is 5.04. The molecule has 1 heterocycles. The molecule has 0 fully saturated rings. The number of aliphatic imine (C=N–C) groups is 1. The van der Waals surface area contributed by atoms with E-state index in [4.69, 9.17) is 4.74 Å². The van der Waals surface area contributed by atoms with Gasteiger partial charge in [-0.2, -0.15) is 8.78 Å². The summed E-state index contributed by atoms with van der Waals surface area (Å²) in [6, 6.07) is 5.82. The minimum Gasteiger partial charge on any atom is -0.487 e. The average molecular weight is 287 g/mol. The lowest BCUT2D eigenvalue weighted by atomic mass is 10.2. The van der Waals surface area contributed by atoms with Crippen LogP contribution in [0.2, 0.25) is 0 Å². The molecule has 0 aliphatic carbocycles. The van der Waals surface area contributed by atoms with E-state index in [0.717, 1.165) is 0 Å². The Hall–Kier alpha value is -2.09. The molecule has 0 bridgehead atoms. The number of ether oxygens (including phenoxy) is 1. The van der Waals surface area contributed by atoms with E-state index in [1.807, 2.05) is 0 Å². The van der Waals surface area contributed by atoms with Crippen molar-refractivity contribution in [3.8, 4) is 5.75 Å². The zero-order valence-corrected chi connectivity index (χ0v) is 10.3. The Morgan fingerprint density at radius 3 is 2.55 bits per heavy atom. The standard InChI is InChI=1S/C12H12F3N3O2/c13-11(16)12(14,15)6-20-9-3-1-8(2-4-9)18-7-17-5-10(18)19/h1-4,7,11H,5-6,16H2. The van der Waals surface area contributed by atoms with Crippen molar-refractivity contribution in [2.24, 2.45) is 10.7 Å². The van der Waals surface area contributed by atoms with Crippen LogP contribution in [0.3, 0.4) is 0 Å². The summed E-state index contributed by atoms with van der Waals surface area (Å²) in [5, 5.41) is 0. The molecule has 0 spiro atoms. The van der Waals surface area contributed by atoms with Crippen LogP contribution in [0, 0.1) is 0 Å². The summed E-state index contributed by atoms with van der Waals surface area (Å²) in [6.07, 6.45) is -1.39. The molecule has 20 heavy (non-hydrogen) atoms. The number of alkyl halides is 3. The normalized spacial score (nSPS) is 16.6. The van der Waals surface area contributed by atoms with Crippen LogP contribution in [0.5, 0.6) is 5.75 Å². The Morgan fingerprint density at radius 1 is 1.40 bits per heavy atom. The summed E-state index contributed by atoms with van der Waals surface area (Å²) in [7, 11) is 0. The van der Waals surface area contributed by atoms with Gasteiger partial charge in [-0.25, -0.2) is 4.39 Å². The molecule has 0 aromatic heterocycles. The van der Waals surface area contributed by atoms with Crippen LogP contribution in [0.4, 0.5) is 18.9 Å². The molecule has 0 radical (unpaired) electrons. The van der Waals surface area contributed by atoms with Crippen molar-refractivity contribution < 1.29 is 22.7 Å². The van der Waals surface area contributed by atoms with Crippen LogP contribution in [0.25, 0.3) is 0 Å². The van der Waals surface area contributed by atoms with E-state index in [-0.39, 0.29) is 18.2 Å². The Bertz CT molecular complexity index is 517. The fourth-order valence-corrected chi connectivity index (χ4v) is 1.51. The van der Waals surface area contributed by atoms with Crippen LogP contribution in [-0.4, -0.2) is 37.6 Å². The lowest BCUT2D eigenvalue weighted by Gasteiger charge is -2.18. The quantitative estimate of drug-likeness (QED) is 0.831. The molecule has 5 nitrogen and oxygen atoms in total. The van der Waals surface area contributed by atoms with Gasteiger partial charge >= 0.3 is 5.92 Å². The van der Waals surface area contributed by atoms with Crippen molar-refractivity contribution >= 4 is 17.9 Å². The summed E-state index contributed by atoms with van der Waals surface area (Å²) in [6.45, 7) is -1.08. The first-order chi connectivity index (χ1) is 9.40. The zero-order valence-electron chi connectivity index (χ0n) is 10.3. The van der Waals surface area contributed by atoms with Crippen molar-refractivity contribution in [2.45, 2.75) is 12.2 Å². The molecule has 108 valence electrons. The van der Waals surface area contributed by atoms with Crippen molar-refractivity contribution in [3.05, 3.63) is 24.3 Å². The molecule has 0 saturated heterocycles. The van der Waals surface area contributed by atoms with Gasteiger partial charge in [0.25, 0.3) is 5.91 Å². The number of benzene rings is 1. The average Bonchev–Trinajstić information content (AvgIpc) is 2.83. The highest BCUT2D eigenvalue weighted by atomic mass is 19.3. The molecule has 1 aromatic rings.